The number of thioether (sulfide) groups is 1. The Morgan fingerprint density at radius 1 is 1.16 bits per heavy atom. The summed E-state index contributed by atoms with van der Waals surface area (Å²) in [6.07, 6.45) is 2.83. The molecular weight excluding hydrogens is 414 g/mol. The number of fused-ring (bicyclic) bond motifs is 1. The second-order valence-corrected chi connectivity index (χ2v) is 9.79. The van der Waals surface area contributed by atoms with Crippen LogP contribution in [-0.2, 0) is 17.6 Å². The van der Waals surface area contributed by atoms with Gasteiger partial charge in [0.1, 0.15) is 11.1 Å². The van der Waals surface area contributed by atoms with E-state index in [2.05, 4.69) is 35.7 Å². The monoisotopic (exact) mass is 441 g/mol. The molecule has 0 fully saturated rings. The van der Waals surface area contributed by atoms with Crippen molar-refractivity contribution in [2.45, 2.75) is 56.2 Å². The van der Waals surface area contributed by atoms with Crippen molar-refractivity contribution < 1.29 is 4.79 Å². The van der Waals surface area contributed by atoms with Crippen LogP contribution < -0.4 is 5.32 Å². The van der Waals surface area contributed by atoms with Crippen LogP contribution in [0.3, 0.4) is 0 Å². The molecule has 2 atom stereocenters. The molecular formula is C27H27N3OS. The van der Waals surface area contributed by atoms with E-state index >= 15 is 0 Å². The molecule has 2 aromatic carbocycles. The Balaban J connectivity index is 1.49. The predicted octanol–water partition coefficient (Wildman–Crippen LogP) is 5.96. The van der Waals surface area contributed by atoms with Gasteiger partial charge in [0.25, 0.3) is 0 Å². The molecule has 1 aliphatic rings. The Bertz CT molecular complexity index is 1180. The zero-order valence-electron chi connectivity index (χ0n) is 18.7. The third-order valence-electron chi connectivity index (χ3n) is 6.18. The molecule has 2 unspecified atom stereocenters. The van der Waals surface area contributed by atoms with Gasteiger partial charge in [-0.2, -0.15) is 5.26 Å². The number of anilines is 1. The average Bonchev–Trinajstić information content (AvgIpc) is 2.81. The quantitative estimate of drug-likeness (QED) is 0.496. The number of benzene rings is 2. The van der Waals surface area contributed by atoms with Crippen LogP contribution in [0.15, 0.2) is 59.6 Å². The molecule has 162 valence electrons. The lowest BCUT2D eigenvalue weighted by atomic mass is 9.82. The molecule has 32 heavy (non-hydrogen) atoms. The van der Waals surface area contributed by atoms with Gasteiger partial charge in [-0.3, -0.25) is 4.79 Å². The average molecular weight is 442 g/mol. The van der Waals surface area contributed by atoms with Gasteiger partial charge in [0.2, 0.25) is 5.91 Å². The molecule has 1 aromatic heterocycles. The van der Waals surface area contributed by atoms with E-state index in [1.54, 1.807) is 0 Å². The number of carbonyl (C=O) groups excluding carboxylic acids is 1. The molecule has 0 aliphatic heterocycles. The van der Waals surface area contributed by atoms with Gasteiger partial charge < -0.3 is 5.32 Å². The van der Waals surface area contributed by atoms with Gasteiger partial charge in [0.15, 0.2) is 0 Å². The van der Waals surface area contributed by atoms with E-state index in [0.717, 1.165) is 41.8 Å². The standard InChI is InChI=1S/C27H27N3OS/c1-17-9-11-24(13-18(17)2)29-26(31)19(3)32-27-23(16-28)15-22-14-21(10-12-25(22)30-27)20-7-5-4-6-8-20/h4-9,11,13,15,19,21H,10,12,14H2,1-3H3,(H,29,31). The second-order valence-electron chi connectivity index (χ2n) is 8.46. The fourth-order valence-electron chi connectivity index (χ4n) is 4.11. The zero-order chi connectivity index (χ0) is 22.7. The molecule has 0 radical (unpaired) electrons. The van der Waals surface area contributed by atoms with Crippen molar-refractivity contribution >= 4 is 23.4 Å². The second kappa shape index (κ2) is 9.58. The number of hydrogen-bond acceptors (Lipinski definition) is 4. The van der Waals surface area contributed by atoms with Crippen molar-refractivity contribution in [1.82, 2.24) is 4.98 Å². The normalized spacial score (nSPS) is 16.0. The Morgan fingerprint density at radius 2 is 1.94 bits per heavy atom. The number of hydrogen-bond donors (Lipinski definition) is 1. The van der Waals surface area contributed by atoms with Crippen molar-refractivity contribution in [3.63, 3.8) is 0 Å². The minimum atomic E-state index is -0.366. The summed E-state index contributed by atoms with van der Waals surface area (Å²) in [4.78, 5) is 17.6. The third-order valence-corrected chi connectivity index (χ3v) is 7.28. The van der Waals surface area contributed by atoms with Crippen LogP contribution in [0.5, 0.6) is 0 Å². The van der Waals surface area contributed by atoms with Crippen molar-refractivity contribution in [1.29, 1.82) is 5.26 Å². The number of amides is 1. The summed E-state index contributed by atoms with van der Waals surface area (Å²) in [5, 5.41) is 13.0. The van der Waals surface area contributed by atoms with Gasteiger partial charge >= 0.3 is 0 Å². The van der Waals surface area contributed by atoms with Crippen molar-refractivity contribution in [3.05, 3.63) is 88.1 Å². The first-order chi connectivity index (χ1) is 15.4. The predicted molar refractivity (Wildman–Crippen MR) is 130 cm³/mol. The summed E-state index contributed by atoms with van der Waals surface area (Å²) >= 11 is 1.35. The maximum absolute atomic E-state index is 12.8. The molecule has 1 N–H and O–H groups in total. The molecule has 5 heteroatoms. The lowest BCUT2D eigenvalue weighted by Crippen LogP contribution is -2.23. The minimum Gasteiger partial charge on any atom is -0.325 e. The maximum atomic E-state index is 12.8. The lowest BCUT2D eigenvalue weighted by Gasteiger charge is -2.25. The fourth-order valence-corrected chi connectivity index (χ4v) is 5.00. The summed E-state index contributed by atoms with van der Waals surface area (Å²) < 4.78 is 0. The van der Waals surface area contributed by atoms with Gasteiger partial charge in [-0.25, -0.2) is 4.98 Å². The minimum absolute atomic E-state index is 0.0918. The Hall–Kier alpha value is -3.10. The van der Waals surface area contributed by atoms with E-state index < -0.39 is 0 Å². The van der Waals surface area contributed by atoms with Gasteiger partial charge in [0, 0.05) is 11.4 Å². The zero-order valence-corrected chi connectivity index (χ0v) is 19.5. The summed E-state index contributed by atoms with van der Waals surface area (Å²) in [5.41, 5.74) is 7.21. The molecule has 1 aliphatic carbocycles. The molecule has 0 saturated carbocycles. The summed E-state index contributed by atoms with van der Waals surface area (Å²) in [6, 6.07) is 20.7. The highest BCUT2D eigenvalue weighted by Crippen LogP contribution is 2.35. The van der Waals surface area contributed by atoms with Crippen LogP contribution >= 0.6 is 11.8 Å². The first kappa shape index (κ1) is 22.1. The van der Waals surface area contributed by atoms with Crippen molar-refractivity contribution in [3.8, 4) is 6.07 Å². The summed E-state index contributed by atoms with van der Waals surface area (Å²) in [5.74, 6) is 0.365. The maximum Gasteiger partial charge on any atom is 0.237 e. The molecule has 1 amide bonds. The molecule has 4 rings (SSSR count). The third kappa shape index (κ3) is 4.87. The highest BCUT2D eigenvalue weighted by Gasteiger charge is 2.25. The van der Waals surface area contributed by atoms with Crippen molar-refractivity contribution in [2.24, 2.45) is 0 Å². The smallest absolute Gasteiger partial charge is 0.237 e. The number of nitrogens with zero attached hydrogens (tertiary/aromatic N) is 2. The van der Waals surface area contributed by atoms with Crippen LogP contribution in [0.2, 0.25) is 0 Å². The van der Waals surface area contributed by atoms with Crippen LogP contribution in [0.1, 0.15) is 52.8 Å². The highest BCUT2D eigenvalue weighted by atomic mass is 32.2. The number of aromatic nitrogens is 1. The van der Waals surface area contributed by atoms with Crippen LogP contribution in [-0.4, -0.2) is 16.1 Å². The number of nitrogens with one attached hydrogen (secondary N) is 1. The number of carbonyl (C=O) groups is 1. The van der Waals surface area contributed by atoms with Crippen molar-refractivity contribution in [2.75, 3.05) is 5.32 Å². The first-order valence-electron chi connectivity index (χ1n) is 11.0. The van der Waals surface area contributed by atoms with Gasteiger partial charge in [0.05, 0.1) is 10.8 Å². The van der Waals surface area contributed by atoms with E-state index in [0.29, 0.717) is 16.5 Å². The molecule has 1 heterocycles. The topological polar surface area (TPSA) is 65.8 Å². The number of nitriles is 1. The summed E-state index contributed by atoms with van der Waals surface area (Å²) in [6.45, 7) is 5.93. The Kier molecular flexibility index (Phi) is 6.62. The molecule has 3 aromatic rings. The van der Waals surface area contributed by atoms with Gasteiger partial charge in [-0.1, -0.05) is 48.2 Å². The molecule has 0 spiro atoms. The van der Waals surface area contributed by atoms with Crippen LogP contribution in [0, 0.1) is 25.2 Å². The number of pyridine rings is 1. The largest absolute Gasteiger partial charge is 0.325 e. The Labute approximate surface area is 194 Å². The molecule has 4 nitrogen and oxygen atoms in total. The molecule has 0 bridgehead atoms. The lowest BCUT2D eigenvalue weighted by molar-refractivity contribution is -0.115. The highest BCUT2D eigenvalue weighted by molar-refractivity contribution is 8.00. The van der Waals surface area contributed by atoms with E-state index in [4.69, 9.17) is 4.98 Å². The number of aryl methyl sites for hydroxylation is 3. The van der Waals surface area contributed by atoms with Gasteiger partial charge in [-0.05, 0) is 86.4 Å². The van der Waals surface area contributed by atoms with E-state index in [1.165, 1.54) is 22.9 Å². The summed E-state index contributed by atoms with van der Waals surface area (Å²) in [7, 11) is 0. The van der Waals surface area contributed by atoms with Crippen LogP contribution in [0.25, 0.3) is 0 Å². The SMILES string of the molecule is Cc1ccc(NC(=O)C(C)Sc2nc3c(cc2C#N)CC(c2ccccc2)CC3)cc1C. The van der Waals surface area contributed by atoms with Crippen LogP contribution in [0.4, 0.5) is 5.69 Å². The van der Waals surface area contributed by atoms with E-state index in [1.807, 2.05) is 51.1 Å². The first-order valence-corrected chi connectivity index (χ1v) is 11.8. The van der Waals surface area contributed by atoms with E-state index in [-0.39, 0.29) is 11.2 Å². The Morgan fingerprint density at radius 3 is 2.66 bits per heavy atom. The van der Waals surface area contributed by atoms with E-state index in [9.17, 15) is 10.1 Å². The van der Waals surface area contributed by atoms with Gasteiger partial charge in [-0.15, -0.1) is 0 Å². The molecule has 0 saturated heterocycles. The number of rotatable bonds is 5. The fraction of sp³-hybridized carbons (Fsp3) is 0.296.